The SMILES string of the molecule is CC(C)[Si](OC[C@H]1OC[C@@H](n2cnc3c(Cl)ncnc32)[C@@H]1O[Si](O)(C(C)C)C(C)C)C(C)C. The Labute approximate surface area is 205 Å². The number of hydrogen-bond donors (Lipinski definition) is 1. The van der Waals surface area contributed by atoms with Crippen LogP contribution >= 0.6 is 11.6 Å². The third kappa shape index (κ3) is 5.52. The summed E-state index contributed by atoms with van der Waals surface area (Å²) in [6.07, 6.45) is 2.46. The van der Waals surface area contributed by atoms with Gasteiger partial charge in [-0.05, 0) is 22.2 Å². The molecule has 0 unspecified atom stereocenters. The second kappa shape index (κ2) is 10.8. The van der Waals surface area contributed by atoms with Crippen LogP contribution in [0.15, 0.2) is 12.7 Å². The summed E-state index contributed by atoms with van der Waals surface area (Å²) in [5.74, 6) is 0. The van der Waals surface area contributed by atoms with Crippen molar-refractivity contribution in [3.05, 3.63) is 17.8 Å². The maximum atomic E-state index is 11.6. The highest BCUT2D eigenvalue weighted by Crippen LogP contribution is 2.39. The molecule has 3 rings (SSSR count). The summed E-state index contributed by atoms with van der Waals surface area (Å²) in [6.45, 7) is 17.8. The van der Waals surface area contributed by atoms with Crippen molar-refractivity contribution < 1.29 is 18.4 Å². The molecule has 0 saturated carbocycles. The van der Waals surface area contributed by atoms with Gasteiger partial charge in [-0.2, -0.15) is 0 Å². The highest BCUT2D eigenvalue weighted by Gasteiger charge is 2.50. The summed E-state index contributed by atoms with van der Waals surface area (Å²) in [5.41, 5.74) is 2.21. The quantitative estimate of drug-likeness (QED) is 0.357. The summed E-state index contributed by atoms with van der Waals surface area (Å²) in [5, 5.41) is 0.311. The fourth-order valence-electron chi connectivity index (χ4n) is 4.60. The topological polar surface area (TPSA) is 91.5 Å². The van der Waals surface area contributed by atoms with Crippen molar-refractivity contribution in [2.45, 2.75) is 95.8 Å². The van der Waals surface area contributed by atoms with Crippen molar-refractivity contribution in [1.82, 2.24) is 19.5 Å². The molecule has 0 bridgehead atoms. The fraction of sp³-hybridized carbons (Fsp3) is 0.773. The second-order valence-electron chi connectivity index (χ2n) is 10.1. The van der Waals surface area contributed by atoms with E-state index in [1.165, 1.54) is 6.33 Å². The van der Waals surface area contributed by atoms with Crippen molar-refractivity contribution in [3.8, 4) is 0 Å². The van der Waals surface area contributed by atoms with Crippen LogP contribution in [0.3, 0.4) is 0 Å². The monoisotopic (exact) mass is 513 g/mol. The van der Waals surface area contributed by atoms with Gasteiger partial charge in [-0.25, -0.2) is 15.0 Å². The van der Waals surface area contributed by atoms with Gasteiger partial charge in [0.1, 0.15) is 17.9 Å². The van der Waals surface area contributed by atoms with Gasteiger partial charge in [0.25, 0.3) is 0 Å². The molecule has 1 fully saturated rings. The largest absolute Gasteiger partial charge is 0.413 e. The highest BCUT2D eigenvalue weighted by molar-refractivity contribution is 6.68. The molecule has 8 nitrogen and oxygen atoms in total. The average Bonchev–Trinajstić information content (AvgIpc) is 3.32. The molecule has 1 radical (unpaired) electrons. The number of rotatable bonds is 10. The molecular weight excluding hydrogens is 476 g/mol. The maximum absolute atomic E-state index is 11.6. The molecule has 0 spiro atoms. The summed E-state index contributed by atoms with van der Waals surface area (Å²) in [6, 6.07) is -0.208. The van der Waals surface area contributed by atoms with Gasteiger partial charge in [0.05, 0.1) is 31.7 Å². The Morgan fingerprint density at radius 3 is 2.33 bits per heavy atom. The summed E-state index contributed by atoms with van der Waals surface area (Å²) < 4.78 is 21.3. The first-order valence-electron chi connectivity index (χ1n) is 11.8. The highest BCUT2D eigenvalue weighted by atomic mass is 35.5. The van der Waals surface area contributed by atoms with Crippen molar-refractivity contribution in [1.29, 1.82) is 0 Å². The lowest BCUT2D eigenvalue weighted by atomic mass is 10.1. The number of hydrogen-bond acceptors (Lipinski definition) is 7. The number of ether oxygens (including phenoxy) is 1. The lowest BCUT2D eigenvalue weighted by Gasteiger charge is -2.38. The van der Waals surface area contributed by atoms with Gasteiger partial charge in [0.2, 0.25) is 9.04 Å². The van der Waals surface area contributed by atoms with Gasteiger partial charge in [0, 0.05) is 0 Å². The fourth-order valence-corrected chi connectivity index (χ4v) is 9.75. The third-order valence-electron chi connectivity index (χ3n) is 6.43. The first-order valence-corrected chi connectivity index (χ1v) is 15.8. The Balaban J connectivity index is 1.94. The number of aromatic nitrogens is 4. The van der Waals surface area contributed by atoms with E-state index < -0.39 is 17.6 Å². The van der Waals surface area contributed by atoms with Gasteiger partial charge < -0.3 is 23.0 Å². The van der Waals surface area contributed by atoms with E-state index in [-0.39, 0.29) is 29.3 Å². The van der Waals surface area contributed by atoms with Crippen LogP contribution in [0.25, 0.3) is 11.2 Å². The number of imidazole rings is 1. The Bertz CT molecular complexity index is 911. The zero-order chi connectivity index (χ0) is 24.5. The van der Waals surface area contributed by atoms with Crippen LogP contribution in [0.2, 0.25) is 27.3 Å². The minimum atomic E-state index is -3.06. The molecule has 185 valence electrons. The predicted molar refractivity (Wildman–Crippen MR) is 134 cm³/mol. The number of fused-ring (bicyclic) bond motifs is 1. The lowest BCUT2D eigenvalue weighted by molar-refractivity contribution is 0.00245. The van der Waals surface area contributed by atoms with Gasteiger partial charge in [-0.3, -0.25) is 0 Å². The molecule has 0 aromatic carbocycles. The Morgan fingerprint density at radius 1 is 1.12 bits per heavy atom. The Kier molecular flexibility index (Phi) is 8.74. The van der Waals surface area contributed by atoms with E-state index in [0.29, 0.717) is 40.6 Å². The van der Waals surface area contributed by atoms with Crippen molar-refractivity contribution in [2.75, 3.05) is 13.2 Å². The molecule has 3 atom stereocenters. The van der Waals surface area contributed by atoms with Gasteiger partial charge >= 0.3 is 8.56 Å². The smallest absolute Gasteiger partial charge is 0.341 e. The third-order valence-corrected chi connectivity index (χ3v) is 13.4. The standard InChI is InChI=1S/C22H38ClN4O4Si2/c1-13(2)32(14(3)4)30-10-18-20(31-33(28,15(5)6)16(7)8)17(9-29-18)27-12-26-19-21(23)24-11-25-22(19)27/h11-18,20,28H,9-10H2,1-8H3/t17-,18-,20+/m1/s1. The molecule has 1 aliphatic rings. The Hall–Kier alpha value is -0.886. The molecular formula is C22H38ClN4O4Si2. The molecule has 0 amide bonds. The zero-order valence-electron chi connectivity index (χ0n) is 20.9. The number of nitrogens with zero attached hydrogens (tertiary/aromatic N) is 4. The molecule has 3 heterocycles. The summed E-state index contributed by atoms with van der Waals surface area (Å²) >= 11 is 6.24. The molecule has 2 aromatic heterocycles. The van der Waals surface area contributed by atoms with Crippen LogP contribution in [0.5, 0.6) is 0 Å². The minimum absolute atomic E-state index is 0.0302. The first kappa shape index (κ1) is 26.7. The van der Waals surface area contributed by atoms with Crippen LogP contribution in [-0.4, -0.2) is 67.3 Å². The van der Waals surface area contributed by atoms with Crippen LogP contribution in [0, 0.1) is 0 Å². The Morgan fingerprint density at radius 2 is 1.76 bits per heavy atom. The van der Waals surface area contributed by atoms with E-state index in [2.05, 4.69) is 42.6 Å². The molecule has 11 heteroatoms. The van der Waals surface area contributed by atoms with Crippen LogP contribution in [-0.2, 0) is 13.6 Å². The molecule has 0 aliphatic carbocycles. The number of halogens is 1. The minimum Gasteiger partial charge on any atom is -0.413 e. The predicted octanol–water partition coefficient (Wildman–Crippen LogP) is 4.89. The summed E-state index contributed by atoms with van der Waals surface area (Å²) in [7, 11) is -4.08. The van der Waals surface area contributed by atoms with Gasteiger partial charge in [0.15, 0.2) is 10.8 Å². The van der Waals surface area contributed by atoms with Crippen molar-refractivity contribution in [2.24, 2.45) is 0 Å². The summed E-state index contributed by atoms with van der Waals surface area (Å²) in [4.78, 5) is 24.5. The van der Waals surface area contributed by atoms with E-state index in [9.17, 15) is 4.80 Å². The average molecular weight is 514 g/mol. The zero-order valence-corrected chi connectivity index (χ0v) is 23.7. The first-order chi connectivity index (χ1) is 15.5. The van der Waals surface area contributed by atoms with E-state index in [1.54, 1.807) is 6.33 Å². The van der Waals surface area contributed by atoms with Gasteiger partial charge in [-0.1, -0.05) is 67.0 Å². The van der Waals surface area contributed by atoms with Crippen molar-refractivity contribution >= 4 is 40.4 Å². The molecule has 2 aromatic rings. The van der Waals surface area contributed by atoms with Gasteiger partial charge in [-0.15, -0.1) is 0 Å². The molecule has 1 N–H and O–H groups in total. The normalized spacial score (nSPS) is 22.2. The van der Waals surface area contributed by atoms with Crippen molar-refractivity contribution in [3.63, 3.8) is 0 Å². The molecule has 1 saturated heterocycles. The molecule has 1 aliphatic heterocycles. The van der Waals surface area contributed by atoms with Crippen LogP contribution in [0.1, 0.15) is 61.4 Å². The van der Waals surface area contributed by atoms with E-state index in [0.717, 1.165) is 0 Å². The maximum Gasteiger partial charge on any atom is 0.341 e. The molecule has 33 heavy (non-hydrogen) atoms. The van der Waals surface area contributed by atoms with E-state index >= 15 is 0 Å². The lowest BCUT2D eigenvalue weighted by Crippen LogP contribution is -2.52. The van der Waals surface area contributed by atoms with Crippen LogP contribution < -0.4 is 0 Å². The second-order valence-corrected chi connectivity index (χ2v) is 17.9. The van der Waals surface area contributed by atoms with Crippen LogP contribution in [0.4, 0.5) is 0 Å². The van der Waals surface area contributed by atoms with E-state index in [1.807, 2.05) is 32.3 Å². The van der Waals surface area contributed by atoms with E-state index in [4.69, 9.17) is 25.2 Å².